The summed E-state index contributed by atoms with van der Waals surface area (Å²) in [6.07, 6.45) is 2.92. The van der Waals surface area contributed by atoms with Gasteiger partial charge >= 0.3 is 5.97 Å². The number of amides is 1. The Hall–Kier alpha value is -2.40. The van der Waals surface area contributed by atoms with Crippen molar-refractivity contribution >= 4 is 29.2 Å². The van der Waals surface area contributed by atoms with Gasteiger partial charge in [0, 0.05) is 12.4 Å². The average Bonchev–Trinajstić information content (AvgIpc) is 2.41. The van der Waals surface area contributed by atoms with Crippen molar-refractivity contribution in [1.29, 1.82) is 0 Å². The van der Waals surface area contributed by atoms with Crippen molar-refractivity contribution in [2.45, 2.75) is 0 Å². The summed E-state index contributed by atoms with van der Waals surface area (Å²) in [6.45, 7) is 0. The first kappa shape index (κ1) is 13.0. The number of carbonyl (C=O) groups is 2. The van der Waals surface area contributed by atoms with Crippen LogP contribution in [0.1, 0.15) is 20.7 Å². The summed E-state index contributed by atoms with van der Waals surface area (Å²) in [5.74, 6) is -1.63. The zero-order chi connectivity index (χ0) is 13.8. The number of carboxylic acids is 1. The molecule has 0 saturated carbocycles. The van der Waals surface area contributed by atoms with Crippen molar-refractivity contribution in [1.82, 2.24) is 4.98 Å². The molecule has 0 saturated heterocycles. The number of carbonyl (C=O) groups excluding carboxylic acids is 1. The molecule has 0 atom stereocenters. The molecule has 2 N–H and O–H groups in total. The summed E-state index contributed by atoms with van der Waals surface area (Å²) in [4.78, 5) is 26.8. The molecule has 1 aromatic carbocycles. The van der Waals surface area contributed by atoms with Gasteiger partial charge in [-0.2, -0.15) is 0 Å². The first-order valence-electron chi connectivity index (χ1n) is 5.33. The van der Waals surface area contributed by atoms with Gasteiger partial charge in [0.2, 0.25) is 0 Å². The number of hydrogen-bond donors (Lipinski definition) is 2. The van der Waals surface area contributed by atoms with Crippen LogP contribution in [0, 0.1) is 0 Å². The van der Waals surface area contributed by atoms with E-state index in [2.05, 4.69) is 10.3 Å². The van der Waals surface area contributed by atoms with Crippen LogP contribution in [0.5, 0.6) is 0 Å². The number of benzene rings is 1. The van der Waals surface area contributed by atoms with Crippen molar-refractivity contribution in [3.63, 3.8) is 0 Å². The van der Waals surface area contributed by atoms with E-state index in [9.17, 15) is 9.59 Å². The first-order chi connectivity index (χ1) is 9.09. The van der Waals surface area contributed by atoms with Gasteiger partial charge in [0.1, 0.15) is 0 Å². The van der Waals surface area contributed by atoms with E-state index >= 15 is 0 Å². The van der Waals surface area contributed by atoms with Crippen molar-refractivity contribution < 1.29 is 14.7 Å². The van der Waals surface area contributed by atoms with Crippen LogP contribution < -0.4 is 5.32 Å². The number of nitrogens with zero attached hydrogens (tertiary/aromatic N) is 1. The highest BCUT2D eigenvalue weighted by atomic mass is 35.5. The second-order valence-electron chi connectivity index (χ2n) is 3.66. The van der Waals surface area contributed by atoms with Gasteiger partial charge in [0.05, 0.1) is 21.8 Å². The number of carboxylic acid groups (broad SMARTS) is 1. The number of para-hydroxylation sites is 1. The Morgan fingerprint density at radius 2 is 2.00 bits per heavy atom. The lowest BCUT2D eigenvalue weighted by molar-refractivity contribution is 0.0698. The summed E-state index contributed by atoms with van der Waals surface area (Å²) in [6, 6.07) is 7.56. The Labute approximate surface area is 113 Å². The summed E-state index contributed by atoms with van der Waals surface area (Å²) < 4.78 is 0. The fourth-order valence-electron chi connectivity index (χ4n) is 1.51. The minimum absolute atomic E-state index is 0.0651. The number of halogens is 1. The lowest BCUT2D eigenvalue weighted by Gasteiger charge is -2.10. The second-order valence-corrected chi connectivity index (χ2v) is 4.07. The van der Waals surface area contributed by atoms with Gasteiger partial charge in [-0.1, -0.05) is 17.7 Å². The van der Waals surface area contributed by atoms with E-state index < -0.39 is 11.9 Å². The standard InChI is InChI=1S/C13H9ClN2O3/c14-10-5-1-4-9(13(18)19)11(10)16-12(17)8-3-2-6-15-7-8/h1-7H,(H,16,17)(H,18,19). The van der Waals surface area contributed by atoms with Crippen LogP contribution in [0.3, 0.4) is 0 Å². The highest BCUT2D eigenvalue weighted by Gasteiger charge is 2.16. The van der Waals surface area contributed by atoms with Crippen LogP contribution in [0.25, 0.3) is 0 Å². The van der Waals surface area contributed by atoms with Crippen LogP contribution in [-0.4, -0.2) is 22.0 Å². The molecule has 1 heterocycles. The minimum atomic E-state index is -1.16. The molecule has 0 radical (unpaired) electrons. The molecule has 2 aromatic rings. The smallest absolute Gasteiger partial charge is 0.337 e. The topological polar surface area (TPSA) is 79.3 Å². The van der Waals surface area contributed by atoms with Gasteiger partial charge < -0.3 is 10.4 Å². The Morgan fingerprint density at radius 3 is 2.63 bits per heavy atom. The van der Waals surface area contributed by atoms with Crippen molar-refractivity contribution in [2.75, 3.05) is 5.32 Å². The van der Waals surface area contributed by atoms with Crippen LogP contribution in [0.15, 0.2) is 42.7 Å². The number of aromatic carboxylic acids is 1. The van der Waals surface area contributed by atoms with E-state index in [1.54, 1.807) is 12.1 Å². The van der Waals surface area contributed by atoms with Gasteiger partial charge in [0.25, 0.3) is 5.91 Å². The van der Waals surface area contributed by atoms with Crippen LogP contribution in [-0.2, 0) is 0 Å². The number of aromatic nitrogens is 1. The van der Waals surface area contributed by atoms with Gasteiger partial charge in [-0.25, -0.2) is 4.79 Å². The quantitative estimate of drug-likeness (QED) is 0.903. The molecule has 0 spiro atoms. The molecule has 0 aliphatic carbocycles. The molecule has 0 aliphatic heterocycles. The normalized spacial score (nSPS) is 9.95. The maximum atomic E-state index is 11.9. The molecule has 6 heteroatoms. The number of nitrogens with one attached hydrogen (secondary N) is 1. The lowest BCUT2D eigenvalue weighted by atomic mass is 10.1. The number of hydrogen-bond acceptors (Lipinski definition) is 3. The molecule has 0 unspecified atom stereocenters. The predicted molar refractivity (Wildman–Crippen MR) is 70.6 cm³/mol. The van der Waals surface area contributed by atoms with Gasteiger partial charge in [-0.3, -0.25) is 9.78 Å². The molecule has 5 nitrogen and oxygen atoms in total. The third-order valence-corrected chi connectivity index (χ3v) is 2.72. The summed E-state index contributed by atoms with van der Waals surface area (Å²) >= 11 is 5.91. The third-order valence-electron chi connectivity index (χ3n) is 2.41. The molecular formula is C13H9ClN2O3. The van der Waals surface area contributed by atoms with Crippen LogP contribution >= 0.6 is 11.6 Å². The molecule has 96 valence electrons. The third kappa shape index (κ3) is 2.89. The van der Waals surface area contributed by atoms with Crippen molar-refractivity contribution in [3.8, 4) is 0 Å². The predicted octanol–water partition coefficient (Wildman–Crippen LogP) is 2.69. The molecule has 0 aliphatic rings. The minimum Gasteiger partial charge on any atom is -0.478 e. The fourth-order valence-corrected chi connectivity index (χ4v) is 1.73. The lowest BCUT2D eigenvalue weighted by Crippen LogP contribution is -2.15. The molecule has 1 aromatic heterocycles. The second kappa shape index (κ2) is 5.49. The molecule has 0 fully saturated rings. The van der Waals surface area contributed by atoms with Crippen molar-refractivity contribution in [2.24, 2.45) is 0 Å². The molecule has 2 rings (SSSR count). The van der Waals surface area contributed by atoms with E-state index in [-0.39, 0.29) is 16.3 Å². The fraction of sp³-hybridized carbons (Fsp3) is 0. The van der Waals surface area contributed by atoms with Gasteiger partial charge in [-0.05, 0) is 24.3 Å². The van der Waals surface area contributed by atoms with E-state index in [1.807, 2.05) is 0 Å². The number of rotatable bonds is 3. The maximum absolute atomic E-state index is 11.9. The highest BCUT2D eigenvalue weighted by Crippen LogP contribution is 2.26. The Morgan fingerprint density at radius 1 is 1.21 bits per heavy atom. The van der Waals surface area contributed by atoms with E-state index in [0.29, 0.717) is 5.56 Å². The zero-order valence-corrected chi connectivity index (χ0v) is 10.4. The zero-order valence-electron chi connectivity index (χ0n) is 9.63. The number of pyridine rings is 1. The van der Waals surface area contributed by atoms with E-state index in [4.69, 9.17) is 16.7 Å². The van der Waals surface area contributed by atoms with E-state index in [0.717, 1.165) is 0 Å². The SMILES string of the molecule is O=C(Nc1c(Cl)cccc1C(=O)O)c1cccnc1. The van der Waals surface area contributed by atoms with Crippen LogP contribution in [0.2, 0.25) is 5.02 Å². The Balaban J connectivity index is 2.34. The van der Waals surface area contributed by atoms with E-state index in [1.165, 1.54) is 30.6 Å². The average molecular weight is 277 g/mol. The Kier molecular flexibility index (Phi) is 3.77. The van der Waals surface area contributed by atoms with Crippen LogP contribution in [0.4, 0.5) is 5.69 Å². The highest BCUT2D eigenvalue weighted by molar-refractivity contribution is 6.34. The monoisotopic (exact) mass is 276 g/mol. The summed E-state index contributed by atoms with van der Waals surface area (Å²) in [7, 11) is 0. The first-order valence-corrected chi connectivity index (χ1v) is 5.70. The van der Waals surface area contributed by atoms with Gasteiger partial charge in [0.15, 0.2) is 0 Å². The number of anilines is 1. The maximum Gasteiger partial charge on any atom is 0.337 e. The largest absolute Gasteiger partial charge is 0.478 e. The molecule has 0 bridgehead atoms. The summed E-state index contributed by atoms with van der Waals surface area (Å²) in [5, 5.41) is 11.7. The molecular weight excluding hydrogens is 268 g/mol. The molecule has 1 amide bonds. The van der Waals surface area contributed by atoms with Crippen molar-refractivity contribution in [3.05, 3.63) is 58.9 Å². The molecule has 19 heavy (non-hydrogen) atoms. The summed E-state index contributed by atoms with van der Waals surface area (Å²) in [5.41, 5.74) is 0.328. The Bertz CT molecular complexity index is 629. The van der Waals surface area contributed by atoms with Gasteiger partial charge in [-0.15, -0.1) is 0 Å².